The van der Waals surface area contributed by atoms with Crippen LogP contribution in [-0.2, 0) is 14.4 Å². The van der Waals surface area contributed by atoms with Gasteiger partial charge in [-0.25, -0.2) is 18.4 Å². The molecule has 2 N–H and O–H groups in total. The zero-order chi connectivity index (χ0) is 38.1. The molecule has 0 saturated carbocycles. The van der Waals surface area contributed by atoms with E-state index in [0.29, 0.717) is 40.3 Å². The maximum atomic E-state index is 14.0. The standard InChI is InChI=1S/C41H42ClN5O5SSi/c1-41(2,3)54(32-16-10-6-11-17-32,33-18-12-7-13-19-33)51-26-29-22-28(25-47(29)53(4,49)50)46-40-37-35(24-43-39(37)44-27-45-40)38(48)34-21-20-31(23-36(34)42)52-30-14-8-5-9-15-30/h5-21,23-24,27-29H,22,25-26H2,1-4H3,(H2,43,44,45,46)/t28-,29+/m1/s1. The van der Waals surface area contributed by atoms with Gasteiger partial charge in [0.25, 0.3) is 8.32 Å². The van der Waals surface area contributed by atoms with Crippen LogP contribution in [-0.4, -0.2) is 73.3 Å². The topological polar surface area (TPSA) is 127 Å². The summed E-state index contributed by atoms with van der Waals surface area (Å²) in [7, 11) is -6.55. The Kier molecular flexibility index (Phi) is 10.5. The third kappa shape index (κ3) is 7.44. The van der Waals surface area contributed by atoms with Gasteiger partial charge < -0.3 is 19.5 Å². The predicted octanol–water partition coefficient (Wildman–Crippen LogP) is 7.03. The first-order chi connectivity index (χ1) is 25.8. The zero-order valence-electron chi connectivity index (χ0n) is 30.5. The Morgan fingerprint density at radius 3 is 2.13 bits per heavy atom. The van der Waals surface area contributed by atoms with Gasteiger partial charge in [-0.2, -0.15) is 4.31 Å². The quantitative estimate of drug-likeness (QED) is 0.100. The molecule has 1 aliphatic rings. The molecule has 278 valence electrons. The van der Waals surface area contributed by atoms with Crippen LogP contribution < -0.4 is 20.4 Å². The van der Waals surface area contributed by atoms with E-state index < -0.39 is 24.4 Å². The number of hydrogen-bond acceptors (Lipinski definition) is 8. The molecular formula is C41H42ClN5O5SSi. The highest BCUT2D eigenvalue weighted by Crippen LogP contribution is 2.38. The number of aromatic nitrogens is 3. The average molecular weight is 780 g/mol. The monoisotopic (exact) mass is 779 g/mol. The third-order valence-corrected chi connectivity index (χ3v) is 16.5. The number of halogens is 1. The number of ether oxygens (including phenoxy) is 1. The Labute approximate surface area is 321 Å². The molecule has 0 spiro atoms. The zero-order valence-corrected chi connectivity index (χ0v) is 33.1. The largest absolute Gasteiger partial charge is 0.457 e. The van der Waals surface area contributed by atoms with Gasteiger partial charge in [0, 0.05) is 36.5 Å². The number of nitrogens with one attached hydrogen (secondary N) is 2. The molecule has 6 aromatic rings. The van der Waals surface area contributed by atoms with Crippen molar-refractivity contribution in [2.75, 3.05) is 24.7 Å². The summed E-state index contributed by atoms with van der Waals surface area (Å²) in [5.41, 5.74) is 1.08. The molecule has 7 rings (SSSR count). The van der Waals surface area contributed by atoms with Crippen molar-refractivity contribution >= 4 is 62.9 Å². The minimum absolute atomic E-state index is 0.196. The van der Waals surface area contributed by atoms with E-state index in [9.17, 15) is 13.2 Å². The van der Waals surface area contributed by atoms with E-state index in [1.54, 1.807) is 24.4 Å². The average Bonchev–Trinajstić information content (AvgIpc) is 3.78. The highest BCUT2D eigenvalue weighted by molar-refractivity contribution is 7.88. The minimum Gasteiger partial charge on any atom is -0.457 e. The van der Waals surface area contributed by atoms with E-state index in [4.69, 9.17) is 20.8 Å². The number of aromatic amines is 1. The first kappa shape index (κ1) is 37.5. The van der Waals surface area contributed by atoms with Crippen LogP contribution in [0, 0.1) is 0 Å². The number of carbonyl (C=O) groups is 1. The number of hydrogen-bond donors (Lipinski definition) is 2. The van der Waals surface area contributed by atoms with Crippen molar-refractivity contribution in [3.63, 3.8) is 0 Å². The number of anilines is 1. The van der Waals surface area contributed by atoms with Crippen molar-refractivity contribution in [3.8, 4) is 11.5 Å². The molecule has 0 radical (unpaired) electrons. The second-order valence-electron chi connectivity index (χ2n) is 14.6. The second kappa shape index (κ2) is 15.1. The lowest BCUT2D eigenvalue weighted by Gasteiger charge is -2.44. The molecule has 3 heterocycles. The number of fused-ring (bicyclic) bond motifs is 1. The van der Waals surface area contributed by atoms with Crippen molar-refractivity contribution in [1.29, 1.82) is 0 Å². The van der Waals surface area contributed by atoms with Crippen LogP contribution in [0.5, 0.6) is 11.5 Å². The fraction of sp³-hybridized carbons (Fsp3) is 0.244. The summed E-state index contributed by atoms with van der Waals surface area (Å²) in [5.74, 6) is 1.24. The highest BCUT2D eigenvalue weighted by Gasteiger charge is 2.51. The molecule has 0 aliphatic carbocycles. The Morgan fingerprint density at radius 2 is 1.54 bits per heavy atom. The summed E-state index contributed by atoms with van der Waals surface area (Å²) >= 11 is 6.65. The van der Waals surface area contributed by atoms with Crippen LogP contribution >= 0.6 is 11.6 Å². The summed E-state index contributed by atoms with van der Waals surface area (Å²) in [6, 6.07) is 34.0. The highest BCUT2D eigenvalue weighted by atomic mass is 35.5. The molecule has 2 atom stereocenters. The van der Waals surface area contributed by atoms with Gasteiger partial charge in [-0.15, -0.1) is 0 Å². The Morgan fingerprint density at radius 1 is 0.907 bits per heavy atom. The smallest absolute Gasteiger partial charge is 0.261 e. The SMILES string of the molecule is CC(C)(C)[Si](OC[C@@H]1C[C@@H](Nc2ncnc3[nH]cc(C(=O)c4ccc(Oc5ccccc5)cc4Cl)c23)CN1S(C)(=O)=O)(c1ccccc1)c1ccccc1. The van der Waals surface area contributed by atoms with Gasteiger partial charge in [0.05, 0.1) is 28.8 Å². The van der Waals surface area contributed by atoms with E-state index in [-0.39, 0.29) is 40.6 Å². The number of rotatable bonds is 12. The van der Waals surface area contributed by atoms with Gasteiger partial charge in [0.1, 0.15) is 29.3 Å². The molecule has 0 bridgehead atoms. The van der Waals surface area contributed by atoms with Crippen LogP contribution in [0.4, 0.5) is 5.82 Å². The van der Waals surface area contributed by atoms with Gasteiger partial charge >= 0.3 is 0 Å². The van der Waals surface area contributed by atoms with Crippen LogP contribution in [0.15, 0.2) is 122 Å². The molecule has 13 heteroatoms. The van der Waals surface area contributed by atoms with Crippen molar-refractivity contribution < 1.29 is 22.4 Å². The number of H-pyrrole nitrogens is 1. The Balaban J connectivity index is 1.16. The normalized spacial score (nSPS) is 16.8. The van der Waals surface area contributed by atoms with Crippen LogP contribution in [0.25, 0.3) is 11.0 Å². The molecular weight excluding hydrogens is 738 g/mol. The molecule has 2 aromatic heterocycles. The number of para-hydroxylation sites is 1. The molecule has 10 nitrogen and oxygen atoms in total. The molecule has 1 fully saturated rings. The fourth-order valence-corrected chi connectivity index (χ4v) is 13.5. The van der Waals surface area contributed by atoms with Gasteiger partial charge in [-0.3, -0.25) is 4.79 Å². The molecule has 1 saturated heterocycles. The summed E-state index contributed by atoms with van der Waals surface area (Å²) in [6.45, 7) is 6.99. The van der Waals surface area contributed by atoms with E-state index >= 15 is 0 Å². The van der Waals surface area contributed by atoms with E-state index in [0.717, 1.165) is 10.4 Å². The first-order valence-corrected chi connectivity index (χ1v) is 21.9. The molecule has 0 amide bonds. The second-order valence-corrected chi connectivity index (χ2v) is 21.2. The lowest BCUT2D eigenvalue weighted by molar-refractivity contribution is 0.104. The van der Waals surface area contributed by atoms with Gasteiger partial charge in [0.15, 0.2) is 5.78 Å². The Bertz CT molecular complexity index is 2330. The lowest BCUT2D eigenvalue weighted by Crippen LogP contribution is -2.67. The van der Waals surface area contributed by atoms with Crippen molar-refractivity contribution in [3.05, 3.63) is 138 Å². The fourth-order valence-electron chi connectivity index (χ4n) is 7.49. The van der Waals surface area contributed by atoms with E-state index in [2.05, 4.69) is 65.3 Å². The predicted molar refractivity (Wildman–Crippen MR) is 216 cm³/mol. The summed E-state index contributed by atoms with van der Waals surface area (Å²) in [6.07, 6.45) is 4.69. The van der Waals surface area contributed by atoms with Crippen LogP contribution in [0.3, 0.4) is 0 Å². The van der Waals surface area contributed by atoms with Crippen molar-refractivity contribution in [2.45, 2.75) is 44.3 Å². The summed E-state index contributed by atoms with van der Waals surface area (Å²) in [5, 5.41) is 6.15. The minimum atomic E-state index is -3.62. The van der Waals surface area contributed by atoms with Gasteiger partial charge in [-0.05, 0) is 46.1 Å². The number of nitrogens with zero attached hydrogens (tertiary/aromatic N) is 3. The molecule has 54 heavy (non-hydrogen) atoms. The van der Waals surface area contributed by atoms with Crippen LogP contribution in [0.1, 0.15) is 43.1 Å². The van der Waals surface area contributed by atoms with Crippen LogP contribution in [0.2, 0.25) is 10.1 Å². The number of benzene rings is 4. The van der Waals surface area contributed by atoms with E-state index in [1.807, 2.05) is 66.7 Å². The maximum Gasteiger partial charge on any atom is 0.261 e. The third-order valence-electron chi connectivity index (χ3n) is 9.92. The van der Waals surface area contributed by atoms with Crippen molar-refractivity contribution in [1.82, 2.24) is 19.3 Å². The molecule has 1 aliphatic heterocycles. The number of ketones is 1. The van der Waals surface area contributed by atoms with Gasteiger partial charge in [0.2, 0.25) is 10.0 Å². The van der Waals surface area contributed by atoms with Gasteiger partial charge in [-0.1, -0.05) is 111 Å². The first-order valence-electron chi connectivity index (χ1n) is 17.7. The van der Waals surface area contributed by atoms with Crippen molar-refractivity contribution in [2.24, 2.45) is 0 Å². The summed E-state index contributed by atoms with van der Waals surface area (Å²) in [4.78, 5) is 26.0. The maximum absolute atomic E-state index is 14.0. The van der Waals surface area contributed by atoms with E-state index in [1.165, 1.54) is 16.9 Å². The number of sulfonamides is 1. The summed E-state index contributed by atoms with van der Waals surface area (Å²) < 4.78 is 41.2. The Hall–Kier alpha value is -4.85. The molecule has 0 unspecified atom stereocenters. The molecule has 4 aromatic carbocycles. The number of carbonyl (C=O) groups excluding carboxylic acids is 1. The lowest BCUT2D eigenvalue weighted by atomic mass is 10.0.